The number of rotatable bonds is 5. The Hall–Kier alpha value is -3.93. The summed E-state index contributed by atoms with van der Waals surface area (Å²) in [4.78, 5) is 16.0. The largest absolute Gasteiger partial charge is 0.348 e. The molecule has 0 bridgehead atoms. The molecule has 0 saturated heterocycles. The smallest absolute Gasteiger partial charge is 0.295 e. The zero-order valence-electron chi connectivity index (χ0n) is 20.4. The van der Waals surface area contributed by atoms with Gasteiger partial charge in [0.05, 0.1) is 17.1 Å². The van der Waals surface area contributed by atoms with Crippen molar-refractivity contribution in [2.75, 3.05) is 5.32 Å². The second-order valence-electron chi connectivity index (χ2n) is 8.91. The first-order chi connectivity index (χ1) is 18.0. The van der Waals surface area contributed by atoms with E-state index in [9.17, 15) is 4.79 Å². The number of nitrogens with one attached hydrogen (secondary N) is 1. The van der Waals surface area contributed by atoms with Crippen LogP contribution in [0.2, 0.25) is 5.02 Å². The van der Waals surface area contributed by atoms with Gasteiger partial charge in [0, 0.05) is 32.6 Å². The predicted molar refractivity (Wildman–Crippen MR) is 156 cm³/mol. The second kappa shape index (κ2) is 9.51. The van der Waals surface area contributed by atoms with Crippen LogP contribution in [0.1, 0.15) is 5.69 Å². The van der Waals surface area contributed by atoms with Gasteiger partial charge in [0.25, 0.3) is 5.56 Å². The minimum absolute atomic E-state index is 0.0843. The quantitative estimate of drug-likeness (QED) is 0.232. The number of hydrogen-bond donors (Lipinski definition) is 1. The van der Waals surface area contributed by atoms with Crippen LogP contribution in [-0.2, 0) is 7.05 Å². The average molecular weight is 522 g/mol. The summed E-state index contributed by atoms with van der Waals surface area (Å²) in [5, 5.41) is 8.67. The Morgan fingerprint density at radius 2 is 1.24 bits per heavy atom. The van der Waals surface area contributed by atoms with Crippen LogP contribution in [0.3, 0.4) is 0 Å². The summed E-state index contributed by atoms with van der Waals surface area (Å²) < 4.78 is 3.60. The first kappa shape index (κ1) is 23.5. The summed E-state index contributed by atoms with van der Waals surface area (Å²) in [6, 6.07) is 34.4. The van der Waals surface area contributed by atoms with Gasteiger partial charge in [0.15, 0.2) is 0 Å². The van der Waals surface area contributed by atoms with Gasteiger partial charge in [-0.15, -0.1) is 0 Å². The summed E-state index contributed by atoms with van der Waals surface area (Å²) in [5.74, 6) is 0. The van der Waals surface area contributed by atoms with E-state index in [1.54, 1.807) is 16.4 Å². The monoisotopic (exact) mass is 521 g/mol. The highest BCUT2D eigenvalue weighted by molar-refractivity contribution is 7.99. The standard InChI is InChI=1S/C31H24ClN3OS/c1-20-28(31(36)35(34(20)2)22-10-4-3-5-11-22)33-29-24-12-6-8-14-26(24)30(27-15-9-7-13-25(27)29)37-23-18-16-21(32)17-19-23/h3-19,33H,1-2H3. The molecule has 182 valence electrons. The lowest BCUT2D eigenvalue weighted by Crippen LogP contribution is -2.20. The highest BCUT2D eigenvalue weighted by Gasteiger charge is 2.20. The fraction of sp³-hybridized carbons (Fsp3) is 0.0645. The molecule has 0 amide bonds. The maximum atomic E-state index is 13.7. The van der Waals surface area contributed by atoms with Crippen molar-refractivity contribution in [1.29, 1.82) is 0 Å². The van der Waals surface area contributed by atoms with E-state index in [1.807, 2.05) is 85.4 Å². The summed E-state index contributed by atoms with van der Waals surface area (Å²) in [5.41, 5.74) is 3.11. The molecule has 0 unspecified atom stereocenters. The number of halogens is 1. The Kier molecular flexibility index (Phi) is 6.03. The first-order valence-electron chi connectivity index (χ1n) is 12.0. The van der Waals surface area contributed by atoms with Crippen molar-refractivity contribution in [1.82, 2.24) is 9.36 Å². The Labute approximate surface area is 224 Å². The van der Waals surface area contributed by atoms with E-state index in [-0.39, 0.29) is 5.56 Å². The lowest BCUT2D eigenvalue weighted by atomic mass is 10.0. The van der Waals surface area contributed by atoms with Gasteiger partial charge >= 0.3 is 0 Å². The van der Waals surface area contributed by atoms with Gasteiger partial charge < -0.3 is 5.32 Å². The van der Waals surface area contributed by atoms with Crippen LogP contribution < -0.4 is 10.9 Å². The van der Waals surface area contributed by atoms with Crippen molar-refractivity contribution >= 4 is 56.3 Å². The van der Waals surface area contributed by atoms with E-state index >= 15 is 0 Å². The molecule has 1 aromatic heterocycles. The van der Waals surface area contributed by atoms with Gasteiger partial charge in [-0.2, -0.15) is 0 Å². The second-order valence-corrected chi connectivity index (χ2v) is 10.4. The summed E-state index contributed by atoms with van der Waals surface area (Å²) in [6.07, 6.45) is 0. The highest BCUT2D eigenvalue weighted by Crippen LogP contribution is 2.44. The fourth-order valence-electron chi connectivity index (χ4n) is 4.79. The van der Waals surface area contributed by atoms with Gasteiger partial charge in [-0.05, 0) is 54.1 Å². The minimum Gasteiger partial charge on any atom is -0.348 e. The molecule has 5 aromatic carbocycles. The Morgan fingerprint density at radius 3 is 1.84 bits per heavy atom. The van der Waals surface area contributed by atoms with Gasteiger partial charge in [0.2, 0.25) is 0 Å². The van der Waals surface area contributed by atoms with Crippen molar-refractivity contribution in [3.05, 3.63) is 124 Å². The molecule has 0 aliphatic rings. The number of hydrogen-bond acceptors (Lipinski definition) is 3. The number of nitrogens with zero attached hydrogens (tertiary/aromatic N) is 2. The number of para-hydroxylation sites is 1. The van der Waals surface area contributed by atoms with Crippen molar-refractivity contribution in [3.8, 4) is 5.69 Å². The van der Waals surface area contributed by atoms with Crippen LogP contribution in [0, 0.1) is 6.92 Å². The first-order valence-corrected chi connectivity index (χ1v) is 13.2. The molecule has 6 aromatic rings. The Morgan fingerprint density at radius 1 is 0.703 bits per heavy atom. The van der Waals surface area contributed by atoms with Crippen molar-refractivity contribution in [2.24, 2.45) is 7.05 Å². The molecule has 37 heavy (non-hydrogen) atoms. The van der Waals surface area contributed by atoms with Crippen LogP contribution in [0.15, 0.2) is 118 Å². The molecule has 6 rings (SSSR count). The minimum atomic E-state index is -0.0843. The molecule has 6 heteroatoms. The molecule has 0 aliphatic carbocycles. The molecule has 0 radical (unpaired) electrons. The molecule has 0 fully saturated rings. The Balaban J connectivity index is 1.56. The summed E-state index contributed by atoms with van der Waals surface area (Å²) in [6.45, 7) is 1.97. The van der Waals surface area contributed by atoms with Gasteiger partial charge in [-0.25, -0.2) is 4.68 Å². The van der Waals surface area contributed by atoms with Crippen LogP contribution in [0.4, 0.5) is 11.4 Å². The highest BCUT2D eigenvalue weighted by atomic mass is 35.5. The molecule has 1 heterocycles. The maximum Gasteiger partial charge on any atom is 0.295 e. The van der Waals surface area contributed by atoms with E-state index in [4.69, 9.17) is 11.6 Å². The van der Waals surface area contributed by atoms with E-state index in [0.29, 0.717) is 5.69 Å². The number of anilines is 2. The molecular weight excluding hydrogens is 498 g/mol. The number of aromatic nitrogens is 2. The van der Waals surface area contributed by atoms with Crippen molar-refractivity contribution < 1.29 is 0 Å². The predicted octanol–water partition coefficient (Wildman–Crippen LogP) is 8.34. The number of benzene rings is 5. The molecule has 0 aliphatic heterocycles. The van der Waals surface area contributed by atoms with E-state index in [0.717, 1.165) is 48.5 Å². The average Bonchev–Trinajstić information content (AvgIpc) is 3.14. The zero-order valence-corrected chi connectivity index (χ0v) is 22.0. The lowest BCUT2D eigenvalue weighted by Gasteiger charge is -2.17. The van der Waals surface area contributed by atoms with Crippen LogP contribution in [0.5, 0.6) is 0 Å². The third kappa shape index (κ3) is 4.10. The van der Waals surface area contributed by atoms with E-state index < -0.39 is 0 Å². The van der Waals surface area contributed by atoms with Crippen molar-refractivity contribution in [3.63, 3.8) is 0 Å². The maximum absolute atomic E-state index is 13.7. The number of fused-ring (bicyclic) bond motifs is 2. The van der Waals surface area contributed by atoms with Crippen LogP contribution in [-0.4, -0.2) is 9.36 Å². The van der Waals surface area contributed by atoms with Crippen LogP contribution in [0.25, 0.3) is 27.2 Å². The summed E-state index contributed by atoms with van der Waals surface area (Å²) in [7, 11) is 1.91. The molecular formula is C31H24ClN3OS. The molecule has 4 nitrogen and oxygen atoms in total. The Bertz CT molecular complexity index is 1770. The third-order valence-corrected chi connectivity index (χ3v) is 8.12. The normalized spacial score (nSPS) is 11.3. The lowest BCUT2D eigenvalue weighted by molar-refractivity contribution is 0.630. The van der Waals surface area contributed by atoms with Crippen LogP contribution >= 0.6 is 23.4 Å². The van der Waals surface area contributed by atoms with Crippen molar-refractivity contribution in [2.45, 2.75) is 16.7 Å². The molecule has 1 N–H and O–H groups in total. The van der Waals surface area contributed by atoms with Gasteiger partial charge in [0.1, 0.15) is 5.69 Å². The van der Waals surface area contributed by atoms with E-state index in [2.05, 4.69) is 41.7 Å². The van der Waals surface area contributed by atoms with E-state index in [1.165, 1.54) is 4.90 Å². The summed E-state index contributed by atoms with van der Waals surface area (Å²) >= 11 is 7.86. The SMILES string of the molecule is Cc1c(Nc2c3ccccc3c(Sc3ccc(Cl)cc3)c3ccccc23)c(=O)n(-c2ccccc2)n1C. The zero-order chi connectivity index (χ0) is 25.5. The third-order valence-electron chi connectivity index (χ3n) is 6.72. The molecule has 0 atom stereocenters. The molecule has 0 spiro atoms. The molecule has 0 saturated carbocycles. The fourth-order valence-corrected chi connectivity index (χ4v) is 6.00. The topological polar surface area (TPSA) is 39.0 Å². The van der Waals surface area contributed by atoms with Gasteiger partial charge in [-0.3, -0.25) is 9.48 Å². The van der Waals surface area contributed by atoms with Gasteiger partial charge in [-0.1, -0.05) is 90.1 Å².